The van der Waals surface area contributed by atoms with E-state index in [1.54, 1.807) is 12.1 Å². The van der Waals surface area contributed by atoms with Gasteiger partial charge in [-0.25, -0.2) is 4.98 Å². The quantitative estimate of drug-likeness (QED) is 0.271. The minimum atomic E-state index is -0.512. The van der Waals surface area contributed by atoms with E-state index in [4.69, 9.17) is 0 Å². The molecule has 0 aromatic carbocycles. The molecule has 0 amide bonds. The van der Waals surface area contributed by atoms with Crippen LogP contribution < -0.4 is 0 Å². The summed E-state index contributed by atoms with van der Waals surface area (Å²) in [6, 6.07) is 7.45. The van der Waals surface area contributed by atoms with Crippen LogP contribution in [-0.2, 0) is 0 Å². The second kappa shape index (κ2) is 7.98. The largest absolute Gasteiger partial charge is 0.364 e. The molecule has 2 heterocycles. The van der Waals surface area contributed by atoms with Crippen LogP contribution >= 0.6 is 45.2 Å². The number of halogens is 2. The molecule has 20 heavy (non-hydrogen) atoms. The monoisotopic (exact) mass is 500 g/mol. The highest BCUT2D eigenvalue weighted by molar-refractivity contribution is 14.1. The summed E-state index contributed by atoms with van der Waals surface area (Å²) in [5, 5.41) is 20.2. The zero-order chi connectivity index (χ0) is 15.1. The third kappa shape index (κ3) is 5.68. The number of hydrogen-bond donors (Lipinski definition) is 0. The fourth-order valence-corrected chi connectivity index (χ4v) is 1.94. The van der Waals surface area contributed by atoms with Crippen LogP contribution in [0.2, 0.25) is 0 Å². The summed E-state index contributed by atoms with van der Waals surface area (Å²) in [6.45, 7) is 0. The third-order valence-corrected chi connectivity index (χ3v) is 3.00. The first-order valence-corrected chi connectivity index (χ1v) is 7.09. The second-order valence-corrected chi connectivity index (χ2v) is 5.38. The Kier molecular flexibility index (Phi) is 6.63. The Morgan fingerprint density at radius 1 is 1.00 bits per heavy atom. The van der Waals surface area contributed by atoms with Crippen LogP contribution in [0.5, 0.6) is 0 Å². The van der Waals surface area contributed by atoms with Crippen molar-refractivity contribution in [2.24, 2.45) is 0 Å². The summed E-state index contributed by atoms with van der Waals surface area (Å²) in [6.07, 6.45) is 1.42. The van der Waals surface area contributed by atoms with E-state index in [9.17, 15) is 20.2 Å². The molecule has 0 unspecified atom stereocenters. The summed E-state index contributed by atoms with van der Waals surface area (Å²) in [4.78, 5) is 26.7. The summed E-state index contributed by atoms with van der Waals surface area (Å²) in [7, 11) is 0. The van der Waals surface area contributed by atoms with Crippen molar-refractivity contribution in [1.29, 1.82) is 0 Å². The van der Waals surface area contributed by atoms with Crippen molar-refractivity contribution < 1.29 is 9.85 Å². The summed E-state index contributed by atoms with van der Waals surface area (Å²) < 4.78 is 1.26. The van der Waals surface area contributed by atoms with Crippen LogP contribution in [0.1, 0.15) is 0 Å². The predicted octanol–water partition coefficient (Wildman–Crippen LogP) is 3.19. The lowest BCUT2D eigenvalue weighted by molar-refractivity contribution is -0.389. The standard InChI is InChI=1S/2C5H3IN2O2/c6-5-3-4(8(9)10)1-2-7-5;6-4-2-1-3-5(7-4)8(9)10/h2*1-3H. The van der Waals surface area contributed by atoms with Crippen molar-refractivity contribution in [3.8, 4) is 0 Å². The predicted molar refractivity (Wildman–Crippen MR) is 87.2 cm³/mol. The highest BCUT2D eigenvalue weighted by Gasteiger charge is 2.05. The molecule has 8 nitrogen and oxygen atoms in total. The molecule has 0 saturated carbocycles. The van der Waals surface area contributed by atoms with Crippen molar-refractivity contribution in [2.45, 2.75) is 0 Å². The molecular weight excluding hydrogens is 494 g/mol. The van der Waals surface area contributed by atoms with E-state index in [1.165, 1.54) is 24.4 Å². The fourth-order valence-electron chi connectivity index (χ4n) is 1.01. The lowest BCUT2D eigenvalue weighted by atomic mass is 10.4. The molecule has 0 aliphatic carbocycles. The Labute approximate surface area is 140 Å². The molecule has 0 fully saturated rings. The number of nitrogens with zero attached hydrogens (tertiary/aromatic N) is 4. The Hall–Kier alpha value is -1.44. The van der Waals surface area contributed by atoms with Crippen LogP contribution in [0.25, 0.3) is 0 Å². The number of pyridine rings is 2. The topological polar surface area (TPSA) is 112 Å². The maximum Gasteiger partial charge on any atom is 0.364 e. The molecule has 0 aliphatic rings. The van der Waals surface area contributed by atoms with Crippen LogP contribution in [0.15, 0.2) is 36.5 Å². The number of rotatable bonds is 2. The van der Waals surface area contributed by atoms with Crippen molar-refractivity contribution in [1.82, 2.24) is 9.97 Å². The lowest BCUT2D eigenvalue weighted by Gasteiger charge is -1.88. The van der Waals surface area contributed by atoms with Crippen molar-refractivity contribution in [3.05, 3.63) is 64.2 Å². The molecule has 0 radical (unpaired) electrons. The average Bonchev–Trinajstić information content (AvgIpc) is 2.39. The first-order chi connectivity index (χ1) is 9.40. The van der Waals surface area contributed by atoms with Crippen molar-refractivity contribution >= 4 is 56.7 Å². The van der Waals surface area contributed by atoms with E-state index < -0.39 is 9.85 Å². The molecule has 0 spiro atoms. The van der Waals surface area contributed by atoms with Gasteiger partial charge in [-0.2, -0.15) is 0 Å². The van der Waals surface area contributed by atoms with Gasteiger partial charge in [-0.15, -0.1) is 0 Å². The number of aromatic nitrogens is 2. The van der Waals surface area contributed by atoms with Crippen molar-refractivity contribution in [2.75, 3.05) is 0 Å². The molecule has 104 valence electrons. The highest BCUT2D eigenvalue weighted by Crippen LogP contribution is 2.11. The fraction of sp³-hybridized carbons (Fsp3) is 0. The average molecular weight is 500 g/mol. The molecule has 0 aliphatic heterocycles. The Morgan fingerprint density at radius 2 is 1.70 bits per heavy atom. The zero-order valence-electron chi connectivity index (χ0n) is 9.64. The molecule has 10 heteroatoms. The van der Waals surface area contributed by atoms with E-state index in [1.807, 2.05) is 45.2 Å². The van der Waals surface area contributed by atoms with Gasteiger partial charge < -0.3 is 10.1 Å². The highest BCUT2D eigenvalue weighted by atomic mass is 127. The summed E-state index contributed by atoms with van der Waals surface area (Å²) >= 11 is 3.85. The SMILES string of the molecule is O=[N+]([O-])c1cccc(I)n1.O=[N+]([O-])c1ccnc(I)c1. The molecule has 0 bridgehead atoms. The molecule has 2 rings (SSSR count). The smallest absolute Gasteiger partial charge is 0.358 e. The van der Waals surface area contributed by atoms with Gasteiger partial charge in [0.05, 0.1) is 4.92 Å². The van der Waals surface area contributed by atoms with E-state index in [0.29, 0.717) is 7.40 Å². The van der Waals surface area contributed by atoms with E-state index in [2.05, 4.69) is 9.97 Å². The third-order valence-electron chi connectivity index (χ3n) is 1.81. The van der Waals surface area contributed by atoms with Gasteiger partial charge in [-0.3, -0.25) is 10.1 Å². The molecule has 0 N–H and O–H groups in total. The Balaban J connectivity index is 0.000000200. The molecular formula is C10H6I2N4O4. The molecule has 2 aromatic rings. The van der Waals surface area contributed by atoms with Crippen LogP contribution in [0, 0.1) is 27.6 Å². The van der Waals surface area contributed by atoms with Gasteiger partial charge >= 0.3 is 5.82 Å². The van der Waals surface area contributed by atoms with E-state index in [0.717, 1.165) is 0 Å². The number of hydrogen-bond acceptors (Lipinski definition) is 6. The minimum Gasteiger partial charge on any atom is -0.358 e. The maximum atomic E-state index is 10.1. The van der Waals surface area contributed by atoms with Gasteiger partial charge in [0.2, 0.25) is 3.70 Å². The Morgan fingerprint density at radius 3 is 2.10 bits per heavy atom. The molecule has 0 atom stereocenters. The van der Waals surface area contributed by atoms with Crippen LogP contribution in [-0.4, -0.2) is 19.8 Å². The van der Waals surface area contributed by atoms with Gasteiger partial charge in [0.1, 0.15) is 3.70 Å². The second-order valence-electron chi connectivity index (χ2n) is 3.17. The zero-order valence-corrected chi connectivity index (χ0v) is 14.0. The van der Waals surface area contributed by atoms with Crippen LogP contribution in [0.4, 0.5) is 11.5 Å². The van der Waals surface area contributed by atoms with Gasteiger partial charge in [0, 0.05) is 47.0 Å². The summed E-state index contributed by atoms with van der Waals surface area (Å²) in [5.74, 6) is -0.105. The lowest BCUT2D eigenvalue weighted by Crippen LogP contribution is -1.91. The van der Waals surface area contributed by atoms with E-state index >= 15 is 0 Å². The normalized spacial score (nSPS) is 9.30. The van der Waals surface area contributed by atoms with Gasteiger partial charge in [-0.1, -0.05) is 0 Å². The van der Waals surface area contributed by atoms with Gasteiger partial charge in [-0.05, 0) is 44.6 Å². The maximum absolute atomic E-state index is 10.1. The first-order valence-electron chi connectivity index (χ1n) is 4.93. The van der Waals surface area contributed by atoms with Gasteiger partial charge in [0.25, 0.3) is 5.69 Å². The summed E-state index contributed by atoms with van der Waals surface area (Å²) in [5.41, 5.74) is 0.0828. The first kappa shape index (κ1) is 16.6. The molecule has 0 saturated heterocycles. The number of nitro groups is 2. The van der Waals surface area contributed by atoms with Crippen molar-refractivity contribution in [3.63, 3.8) is 0 Å². The van der Waals surface area contributed by atoms with Gasteiger partial charge in [0.15, 0.2) is 0 Å². The molecule has 2 aromatic heterocycles. The van der Waals surface area contributed by atoms with E-state index in [-0.39, 0.29) is 11.5 Å². The van der Waals surface area contributed by atoms with Crippen LogP contribution in [0.3, 0.4) is 0 Å². The minimum absolute atomic E-state index is 0.0828. The Bertz CT molecular complexity index is 583.